The summed E-state index contributed by atoms with van der Waals surface area (Å²) in [5.41, 5.74) is 19.1. The molecule has 0 aromatic heterocycles. The van der Waals surface area contributed by atoms with Gasteiger partial charge in [0, 0.05) is 22.2 Å². The van der Waals surface area contributed by atoms with E-state index in [-0.39, 0.29) is 21.7 Å². The number of rotatable bonds is 3. The van der Waals surface area contributed by atoms with Gasteiger partial charge in [-0.25, -0.2) is 0 Å². The highest BCUT2D eigenvalue weighted by Gasteiger charge is 2.61. The molecule has 52 heavy (non-hydrogen) atoms. The van der Waals surface area contributed by atoms with E-state index in [2.05, 4.69) is 150 Å². The van der Waals surface area contributed by atoms with Gasteiger partial charge in [0.05, 0.1) is 5.69 Å². The Morgan fingerprint density at radius 1 is 0.462 bits per heavy atom. The van der Waals surface area contributed by atoms with E-state index >= 15 is 0 Å². The molecule has 1 heteroatoms. The van der Waals surface area contributed by atoms with Crippen molar-refractivity contribution in [2.24, 2.45) is 23.7 Å². The molecule has 5 aromatic rings. The highest BCUT2D eigenvalue weighted by molar-refractivity contribution is 5.90. The van der Waals surface area contributed by atoms with Gasteiger partial charge in [-0.1, -0.05) is 114 Å². The van der Waals surface area contributed by atoms with E-state index in [1.165, 1.54) is 107 Å². The Kier molecular flexibility index (Phi) is 6.23. The van der Waals surface area contributed by atoms with Crippen LogP contribution in [0.4, 0.5) is 17.1 Å². The molecule has 0 heterocycles. The minimum atomic E-state index is -0.0618. The molecule has 0 saturated heterocycles. The second kappa shape index (κ2) is 10.3. The summed E-state index contributed by atoms with van der Waals surface area (Å²) >= 11 is 0. The van der Waals surface area contributed by atoms with Crippen LogP contribution >= 0.6 is 0 Å². The van der Waals surface area contributed by atoms with Crippen molar-refractivity contribution in [3.05, 3.63) is 137 Å². The molecule has 12 rings (SSSR count). The summed E-state index contributed by atoms with van der Waals surface area (Å²) in [6, 6.07) is 41.0. The van der Waals surface area contributed by atoms with Crippen LogP contribution < -0.4 is 4.90 Å². The van der Waals surface area contributed by atoms with E-state index in [0.29, 0.717) is 0 Å². The SMILES string of the molecule is CC1(C)CCC(C)(C)c2c(N(c3ccc4c(c3)-c3ccccc3C43C4CC5CC(C4)CC3C5)c3ccc4c(c3)C(C)(C)c3ccccc3-4)cccc21. The fourth-order valence-electron chi connectivity index (χ4n) is 13.4. The summed E-state index contributed by atoms with van der Waals surface area (Å²) in [5, 5.41) is 0. The van der Waals surface area contributed by atoms with E-state index in [4.69, 9.17) is 0 Å². The maximum Gasteiger partial charge on any atom is 0.0502 e. The zero-order valence-corrected chi connectivity index (χ0v) is 32.0. The summed E-state index contributed by atoms with van der Waals surface area (Å²) in [4.78, 5) is 2.66. The smallest absolute Gasteiger partial charge is 0.0502 e. The predicted molar refractivity (Wildman–Crippen MR) is 217 cm³/mol. The molecule has 7 aliphatic carbocycles. The van der Waals surface area contributed by atoms with E-state index < -0.39 is 0 Å². The van der Waals surface area contributed by atoms with Crippen LogP contribution in [-0.2, 0) is 21.7 Å². The first kappa shape index (κ1) is 31.4. The molecular formula is C51H53N. The van der Waals surface area contributed by atoms with E-state index in [0.717, 1.165) is 23.7 Å². The largest absolute Gasteiger partial charge is 0.310 e. The molecule has 1 spiro atoms. The zero-order chi connectivity index (χ0) is 35.4. The summed E-state index contributed by atoms with van der Waals surface area (Å²) in [7, 11) is 0. The average Bonchev–Trinajstić information content (AvgIpc) is 3.55. The van der Waals surface area contributed by atoms with E-state index in [1.54, 1.807) is 11.1 Å². The third-order valence-corrected chi connectivity index (χ3v) is 15.7. The Balaban J connectivity index is 1.15. The Labute approximate surface area is 311 Å². The van der Waals surface area contributed by atoms with Crippen molar-refractivity contribution >= 4 is 17.1 Å². The molecule has 0 radical (unpaired) electrons. The molecule has 4 saturated carbocycles. The lowest BCUT2D eigenvalue weighted by atomic mass is 9.43. The van der Waals surface area contributed by atoms with Crippen LogP contribution in [0.3, 0.4) is 0 Å². The van der Waals surface area contributed by atoms with Gasteiger partial charge >= 0.3 is 0 Å². The van der Waals surface area contributed by atoms with E-state index in [9.17, 15) is 0 Å². The second-order valence-corrected chi connectivity index (χ2v) is 19.7. The zero-order valence-electron chi connectivity index (χ0n) is 32.0. The van der Waals surface area contributed by atoms with Gasteiger partial charge in [-0.3, -0.25) is 0 Å². The molecule has 262 valence electrons. The topological polar surface area (TPSA) is 3.24 Å². The Hall–Kier alpha value is -4.10. The monoisotopic (exact) mass is 679 g/mol. The molecule has 7 aliphatic rings. The number of benzene rings is 5. The molecule has 0 atom stereocenters. The standard InChI is InChI=1S/C51H53N/c1-48(2)22-23-49(3,4)47-44(48)16-11-17-46(47)52(36-18-20-39-37-12-7-9-14-41(37)50(5,6)45(39)30-36)35-19-21-43-40(29-35)38-13-8-10-15-42(38)51(43)33-25-31-24-32(27-33)28-34(51)26-31/h7-21,29-34H,22-28H2,1-6H3. The highest BCUT2D eigenvalue weighted by atomic mass is 15.1. The summed E-state index contributed by atoms with van der Waals surface area (Å²) < 4.78 is 0. The van der Waals surface area contributed by atoms with Crippen molar-refractivity contribution in [2.75, 3.05) is 4.90 Å². The third kappa shape index (κ3) is 3.96. The fourth-order valence-corrected chi connectivity index (χ4v) is 13.4. The lowest BCUT2D eigenvalue weighted by Crippen LogP contribution is -2.55. The summed E-state index contributed by atoms with van der Waals surface area (Å²) in [5.74, 6) is 3.45. The Morgan fingerprint density at radius 2 is 1.02 bits per heavy atom. The number of fused-ring (bicyclic) bond motifs is 7. The van der Waals surface area contributed by atoms with Crippen molar-refractivity contribution in [1.82, 2.24) is 0 Å². The second-order valence-electron chi connectivity index (χ2n) is 19.7. The van der Waals surface area contributed by atoms with Gasteiger partial charge in [0.2, 0.25) is 0 Å². The molecule has 4 fully saturated rings. The first-order valence-electron chi connectivity index (χ1n) is 20.4. The van der Waals surface area contributed by atoms with Gasteiger partial charge in [0.15, 0.2) is 0 Å². The van der Waals surface area contributed by atoms with Crippen LogP contribution in [0.1, 0.15) is 120 Å². The lowest BCUT2D eigenvalue weighted by Gasteiger charge is -2.61. The molecule has 4 bridgehead atoms. The molecule has 1 nitrogen and oxygen atoms in total. The number of anilines is 3. The third-order valence-electron chi connectivity index (χ3n) is 15.7. The Morgan fingerprint density at radius 3 is 1.75 bits per heavy atom. The molecular weight excluding hydrogens is 627 g/mol. The van der Waals surface area contributed by atoms with Crippen molar-refractivity contribution in [3.8, 4) is 22.3 Å². The van der Waals surface area contributed by atoms with Crippen LogP contribution in [0, 0.1) is 23.7 Å². The molecule has 0 unspecified atom stereocenters. The molecule has 5 aromatic carbocycles. The minimum Gasteiger partial charge on any atom is -0.310 e. The number of nitrogens with zero attached hydrogens (tertiary/aromatic N) is 1. The fraction of sp³-hybridized carbons (Fsp3) is 0.412. The van der Waals surface area contributed by atoms with Crippen LogP contribution in [-0.4, -0.2) is 0 Å². The summed E-state index contributed by atoms with van der Waals surface area (Å²) in [6.45, 7) is 14.7. The van der Waals surface area contributed by atoms with Gasteiger partial charge in [0.25, 0.3) is 0 Å². The maximum atomic E-state index is 2.66. The first-order valence-corrected chi connectivity index (χ1v) is 20.4. The number of hydrogen-bond acceptors (Lipinski definition) is 1. The highest BCUT2D eigenvalue weighted by Crippen LogP contribution is 2.69. The maximum absolute atomic E-state index is 2.66. The first-order chi connectivity index (χ1) is 25.0. The van der Waals surface area contributed by atoms with Crippen LogP contribution in [0.5, 0.6) is 0 Å². The number of hydrogen-bond donors (Lipinski definition) is 0. The van der Waals surface area contributed by atoms with Gasteiger partial charge in [-0.15, -0.1) is 0 Å². The summed E-state index contributed by atoms with van der Waals surface area (Å²) in [6.07, 6.45) is 9.57. The average molecular weight is 680 g/mol. The van der Waals surface area contributed by atoms with Crippen LogP contribution in [0.2, 0.25) is 0 Å². The van der Waals surface area contributed by atoms with Crippen molar-refractivity contribution in [2.45, 2.75) is 108 Å². The van der Waals surface area contributed by atoms with Gasteiger partial charge in [-0.2, -0.15) is 0 Å². The van der Waals surface area contributed by atoms with Crippen molar-refractivity contribution < 1.29 is 0 Å². The predicted octanol–water partition coefficient (Wildman–Crippen LogP) is 13.5. The normalized spacial score (nSPS) is 28.6. The van der Waals surface area contributed by atoms with Gasteiger partial charge < -0.3 is 4.90 Å². The lowest BCUT2D eigenvalue weighted by molar-refractivity contribution is -0.0399. The quantitative estimate of drug-likeness (QED) is 0.183. The van der Waals surface area contributed by atoms with Crippen LogP contribution in [0.15, 0.2) is 103 Å². The molecule has 0 N–H and O–H groups in total. The Bertz CT molecular complexity index is 2290. The molecule has 0 aliphatic heterocycles. The van der Waals surface area contributed by atoms with Crippen molar-refractivity contribution in [3.63, 3.8) is 0 Å². The van der Waals surface area contributed by atoms with Gasteiger partial charge in [-0.05, 0) is 165 Å². The van der Waals surface area contributed by atoms with Crippen LogP contribution in [0.25, 0.3) is 22.3 Å². The van der Waals surface area contributed by atoms with Gasteiger partial charge in [0.1, 0.15) is 0 Å². The van der Waals surface area contributed by atoms with Crippen molar-refractivity contribution in [1.29, 1.82) is 0 Å². The molecule has 0 amide bonds. The van der Waals surface area contributed by atoms with E-state index in [1.807, 2.05) is 0 Å². The minimum absolute atomic E-state index is 0.0618.